The third-order valence-electron chi connectivity index (χ3n) is 10.3. The molecule has 59 heavy (non-hydrogen) atoms. The summed E-state index contributed by atoms with van der Waals surface area (Å²) in [5, 5.41) is 10.7. The normalized spacial score (nSPS) is 15.9. The molecule has 302 valence electrons. The summed E-state index contributed by atoms with van der Waals surface area (Å²) in [5.74, 6) is 14.9. The quantitative estimate of drug-likeness (QED) is 0.173. The number of aromatic nitrogens is 8. The third kappa shape index (κ3) is 8.72. The number of hydrogen-bond donors (Lipinski definition) is 2. The first-order valence-corrected chi connectivity index (χ1v) is 19.4. The van der Waals surface area contributed by atoms with E-state index in [0.29, 0.717) is 71.1 Å². The van der Waals surface area contributed by atoms with Crippen LogP contribution in [0.2, 0.25) is 0 Å². The van der Waals surface area contributed by atoms with Gasteiger partial charge in [-0.25, -0.2) is 29.3 Å². The molecule has 0 radical (unpaired) electrons. The summed E-state index contributed by atoms with van der Waals surface area (Å²) in [6.07, 6.45) is 6.76. The van der Waals surface area contributed by atoms with Crippen molar-refractivity contribution in [1.82, 2.24) is 49.3 Å². The van der Waals surface area contributed by atoms with Crippen LogP contribution in [0.3, 0.4) is 0 Å². The SMILES string of the molecule is CCCC(=O)N1CC[C@H](n2nc(C#Cc3cc(C)cc(OC)c3)c3c(N)ncnc32)C1.COc1cc(C)cc(C#Cc2nn([C@H]3CCN(C=O)C3)c3ncnc(N)c23)c1. The lowest BCUT2D eigenvalue weighted by Gasteiger charge is -2.16. The van der Waals surface area contributed by atoms with E-state index >= 15 is 0 Å². The van der Waals surface area contributed by atoms with Gasteiger partial charge in [0.2, 0.25) is 12.3 Å². The van der Waals surface area contributed by atoms with E-state index in [4.69, 9.17) is 26.0 Å². The van der Waals surface area contributed by atoms with Crippen molar-refractivity contribution in [3.63, 3.8) is 0 Å². The van der Waals surface area contributed by atoms with E-state index in [-0.39, 0.29) is 18.0 Å². The predicted molar refractivity (Wildman–Crippen MR) is 223 cm³/mol. The van der Waals surface area contributed by atoms with Crippen LogP contribution in [-0.4, -0.2) is 102 Å². The fourth-order valence-electron chi connectivity index (χ4n) is 7.42. The first-order chi connectivity index (χ1) is 28.6. The highest BCUT2D eigenvalue weighted by atomic mass is 16.5. The van der Waals surface area contributed by atoms with Crippen LogP contribution in [0.1, 0.15) is 78.3 Å². The number of anilines is 2. The highest BCUT2D eigenvalue weighted by Gasteiger charge is 2.30. The molecular weight excluding hydrogens is 749 g/mol. The second kappa shape index (κ2) is 17.5. The summed E-state index contributed by atoms with van der Waals surface area (Å²) in [6.45, 7) is 8.61. The summed E-state index contributed by atoms with van der Waals surface area (Å²) in [7, 11) is 3.26. The molecule has 2 amide bonds. The molecule has 4 aromatic heterocycles. The molecule has 4 N–H and O–H groups in total. The van der Waals surface area contributed by atoms with E-state index in [2.05, 4.69) is 48.7 Å². The predicted octanol–water partition coefficient (Wildman–Crippen LogP) is 4.23. The average Bonchev–Trinajstić information content (AvgIpc) is 4.05. The molecule has 2 fully saturated rings. The van der Waals surface area contributed by atoms with Crippen LogP contribution in [0.15, 0.2) is 49.1 Å². The van der Waals surface area contributed by atoms with Crippen LogP contribution in [0.4, 0.5) is 11.6 Å². The molecule has 6 aromatic rings. The minimum atomic E-state index is 0.0345. The van der Waals surface area contributed by atoms with E-state index in [1.807, 2.05) is 71.4 Å². The lowest BCUT2D eigenvalue weighted by molar-refractivity contribution is -0.130. The molecule has 0 spiro atoms. The number of benzene rings is 2. The summed E-state index contributed by atoms with van der Waals surface area (Å²) in [5.41, 5.74) is 18.4. The molecule has 2 saturated heterocycles. The average molecular weight is 795 g/mol. The molecule has 16 nitrogen and oxygen atoms in total. The van der Waals surface area contributed by atoms with Crippen molar-refractivity contribution < 1.29 is 19.1 Å². The lowest BCUT2D eigenvalue weighted by Crippen LogP contribution is -2.28. The second-order valence-corrected chi connectivity index (χ2v) is 14.6. The smallest absolute Gasteiger partial charge is 0.222 e. The number of fused-ring (bicyclic) bond motifs is 2. The molecule has 16 heteroatoms. The Morgan fingerprint density at radius 3 is 1.73 bits per heavy atom. The molecular formula is C43H46N12O4. The maximum absolute atomic E-state index is 12.3. The number of rotatable bonds is 7. The monoisotopic (exact) mass is 794 g/mol. The molecule has 0 bridgehead atoms. The number of nitrogen functional groups attached to an aromatic ring is 2. The van der Waals surface area contributed by atoms with E-state index in [1.54, 1.807) is 19.1 Å². The zero-order valence-corrected chi connectivity index (χ0v) is 33.8. The van der Waals surface area contributed by atoms with E-state index in [9.17, 15) is 9.59 Å². The number of nitrogens with two attached hydrogens (primary N) is 2. The van der Waals surface area contributed by atoms with Crippen molar-refractivity contribution in [3.05, 3.63) is 82.7 Å². The first-order valence-electron chi connectivity index (χ1n) is 19.4. The molecule has 2 atom stereocenters. The summed E-state index contributed by atoms with van der Waals surface area (Å²) < 4.78 is 14.3. The van der Waals surface area contributed by atoms with Crippen molar-refractivity contribution in [2.45, 2.75) is 58.5 Å². The molecule has 0 aliphatic carbocycles. The van der Waals surface area contributed by atoms with Gasteiger partial charge in [0.15, 0.2) is 11.3 Å². The number of methoxy groups -OCH3 is 2. The molecule has 0 saturated carbocycles. The van der Waals surface area contributed by atoms with Gasteiger partial charge in [0, 0.05) is 43.7 Å². The zero-order valence-electron chi connectivity index (χ0n) is 33.8. The minimum absolute atomic E-state index is 0.0345. The van der Waals surface area contributed by atoms with Gasteiger partial charge in [-0.2, -0.15) is 10.2 Å². The van der Waals surface area contributed by atoms with Gasteiger partial charge in [-0.3, -0.25) is 9.59 Å². The molecule has 2 aliphatic heterocycles. The van der Waals surface area contributed by atoms with Crippen LogP contribution >= 0.6 is 0 Å². The Morgan fingerprint density at radius 1 is 0.746 bits per heavy atom. The van der Waals surface area contributed by atoms with Gasteiger partial charge < -0.3 is 30.7 Å². The lowest BCUT2D eigenvalue weighted by atomic mass is 10.1. The fourth-order valence-corrected chi connectivity index (χ4v) is 7.42. The molecule has 2 aliphatic rings. The summed E-state index contributed by atoms with van der Waals surface area (Å²) in [6, 6.07) is 11.7. The molecule has 0 unspecified atom stereocenters. The summed E-state index contributed by atoms with van der Waals surface area (Å²) in [4.78, 5) is 44.0. The number of carbonyl (C=O) groups excluding carboxylic acids is 2. The topological polar surface area (TPSA) is 198 Å². The molecule has 2 aromatic carbocycles. The molecule has 6 heterocycles. The Bertz CT molecular complexity index is 2670. The Balaban J connectivity index is 0.000000180. The van der Waals surface area contributed by atoms with Gasteiger partial charge in [0.05, 0.1) is 37.1 Å². The number of nitrogens with zero attached hydrogens (tertiary/aromatic N) is 10. The van der Waals surface area contributed by atoms with Gasteiger partial charge in [0.25, 0.3) is 0 Å². The highest BCUT2D eigenvalue weighted by Crippen LogP contribution is 2.30. The van der Waals surface area contributed by atoms with Crippen LogP contribution in [0, 0.1) is 37.5 Å². The maximum atomic E-state index is 12.3. The van der Waals surface area contributed by atoms with Gasteiger partial charge in [-0.15, -0.1) is 0 Å². The van der Waals surface area contributed by atoms with Gasteiger partial charge in [-0.1, -0.05) is 18.8 Å². The number of ether oxygens (including phenoxy) is 2. The van der Waals surface area contributed by atoms with Crippen LogP contribution in [0.5, 0.6) is 11.5 Å². The zero-order chi connectivity index (χ0) is 41.6. The van der Waals surface area contributed by atoms with Crippen LogP contribution < -0.4 is 20.9 Å². The number of amides is 2. The van der Waals surface area contributed by atoms with E-state index < -0.39 is 0 Å². The first kappa shape index (κ1) is 40.0. The van der Waals surface area contributed by atoms with Crippen LogP contribution in [0.25, 0.3) is 22.1 Å². The Morgan fingerprint density at radius 2 is 1.25 bits per heavy atom. The largest absolute Gasteiger partial charge is 0.497 e. The van der Waals surface area contributed by atoms with Gasteiger partial charge in [-0.05, 0) is 92.5 Å². The number of likely N-dealkylation sites (tertiary alicyclic amines) is 2. The minimum Gasteiger partial charge on any atom is -0.497 e. The van der Waals surface area contributed by atoms with E-state index in [0.717, 1.165) is 66.0 Å². The summed E-state index contributed by atoms with van der Waals surface area (Å²) >= 11 is 0. The highest BCUT2D eigenvalue weighted by molar-refractivity contribution is 5.91. The number of carbonyl (C=O) groups is 2. The van der Waals surface area contributed by atoms with Crippen molar-refractivity contribution in [2.75, 3.05) is 51.9 Å². The van der Waals surface area contributed by atoms with Crippen molar-refractivity contribution in [1.29, 1.82) is 0 Å². The van der Waals surface area contributed by atoms with Crippen molar-refractivity contribution in [2.24, 2.45) is 0 Å². The van der Waals surface area contributed by atoms with Gasteiger partial charge >= 0.3 is 0 Å². The second-order valence-electron chi connectivity index (χ2n) is 14.6. The Hall–Kier alpha value is -7.20. The third-order valence-corrected chi connectivity index (χ3v) is 10.3. The standard InChI is InChI=1S/C23H26N6O2.C20H20N6O2/c1-4-5-20(30)28-9-8-17(13-28)29-23-21(22(24)25-14-26-23)19(27-29)7-6-16-10-15(2)11-18(12-16)31-3;1-13-7-14(9-16(8-13)28-2)3-4-17-18-19(21)22-11-23-20(18)26(24-17)15-5-6-25(10-15)12-27/h10-12,14,17H,4-5,8-9,13H2,1-3H3,(H2,24,25,26);7-9,11-12,15H,5-6,10H2,1-2H3,(H2,21,22,23)/t17-;15-/m00/s1. The number of aryl methyl sites for hydroxylation is 2. The van der Waals surface area contributed by atoms with Crippen LogP contribution in [-0.2, 0) is 9.59 Å². The maximum Gasteiger partial charge on any atom is 0.222 e. The van der Waals surface area contributed by atoms with E-state index in [1.165, 1.54) is 12.7 Å². The molecule has 8 rings (SSSR count). The van der Waals surface area contributed by atoms with Crippen molar-refractivity contribution in [3.8, 4) is 35.2 Å². The number of hydrogen-bond acceptors (Lipinski definition) is 12. The Kier molecular flexibility index (Phi) is 11.9. The Labute approximate surface area is 341 Å². The fraction of sp³-hybridized carbons (Fsp3) is 0.349. The van der Waals surface area contributed by atoms with Crippen molar-refractivity contribution >= 4 is 46.0 Å². The van der Waals surface area contributed by atoms with Gasteiger partial charge in [0.1, 0.15) is 47.2 Å².